The lowest BCUT2D eigenvalue weighted by Crippen LogP contribution is -2.61. The summed E-state index contributed by atoms with van der Waals surface area (Å²) in [6, 6.07) is 3.06. The molecule has 2 fully saturated rings. The van der Waals surface area contributed by atoms with Gasteiger partial charge in [0, 0.05) is 0 Å². The molecule has 0 saturated carbocycles. The predicted octanol–water partition coefficient (Wildman–Crippen LogP) is -3.44. The molecular weight excluding hydrogens is 630 g/mol. The third-order valence-electron chi connectivity index (χ3n) is 6.68. The highest BCUT2D eigenvalue weighted by Crippen LogP contribution is 2.62. The van der Waals surface area contributed by atoms with Gasteiger partial charge in [0.2, 0.25) is 0 Å². The van der Waals surface area contributed by atoms with Crippen molar-refractivity contribution in [3.8, 4) is 0 Å². The summed E-state index contributed by atoms with van der Waals surface area (Å²) in [5.74, 6) is 0.127. The first kappa shape index (κ1) is 33.4. The quantitative estimate of drug-likeness (QED) is 0.0828. The second-order valence-corrected chi connectivity index (χ2v) is 13.8. The minimum Gasteiger partial charge on any atom is -0.394 e. The van der Waals surface area contributed by atoms with Crippen molar-refractivity contribution in [3.05, 3.63) is 36.8 Å². The highest BCUT2D eigenvalue weighted by atomic mass is 32.5. The number of nitrogen functional groups attached to an aromatic ring is 1. The molecule has 19 nitrogen and oxygen atoms in total. The van der Waals surface area contributed by atoms with Crippen LogP contribution < -0.4 is 5.73 Å². The minimum atomic E-state index is -5.47. The van der Waals surface area contributed by atoms with Crippen LogP contribution in [0.2, 0.25) is 0 Å². The molecule has 2 aliphatic rings. The second-order valence-electron chi connectivity index (χ2n) is 9.40. The summed E-state index contributed by atoms with van der Waals surface area (Å²) in [6.45, 7) is -2.91. The number of fused-ring (bicyclic) bond motifs is 1. The van der Waals surface area contributed by atoms with Gasteiger partial charge in [-0.3, -0.25) is 4.52 Å². The second kappa shape index (κ2) is 12.5. The number of phosphoric acid groups is 1. The van der Waals surface area contributed by atoms with Crippen LogP contribution in [0.5, 0.6) is 0 Å². The molecule has 2 aliphatic heterocycles. The lowest BCUT2D eigenvalue weighted by atomic mass is 9.89. The fourth-order valence-corrected chi connectivity index (χ4v) is 7.60. The Labute approximate surface area is 241 Å². The van der Waals surface area contributed by atoms with E-state index in [1.54, 1.807) is 6.07 Å². The lowest BCUT2D eigenvalue weighted by molar-refractivity contribution is -0.292. The monoisotopic (exact) mass is 660 g/mol. The van der Waals surface area contributed by atoms with Gasteiger partial charge in [-0.2, -0.15) is 5.10 Å². The number of phosphoric ester groups is 1. The first-order valence-corrected chi connectivity index (χ1v) is 16.1. The molecule has 2 saturated heterocycles. The minimum absolute atomic E-state index is 0.127. The Balaban J connectivity index is 1.44. The van der Waals surface area contributed by atoms with Crippen molar-refractivity contribution in [2.24, 2.45) is 0 Å². The summed E-state index contributed by atoms with van der Waals surface area (Å²) in [6.07, 6.45) is -14.1. The summed E-state index contributed by atoms with van der Waals surface area (Å²) in [4.78, 5) is 24.4. The largest absolute Gasteiger partial charge is 0.481 e. The Kier molecular flexibility index (Phi) is 9.91. The van der Waals surface area contributed by atoms with E-state index in [1.165, 1.54) is 10.6 Å². The van der Waals surface area contributed by atoms with E-state index in [9.17, 15) is 45.0 Å². The fourth-order valence-electron chi connectivity index (χ4n) is 4.50. The number of anilines is 1. The zero-order valence-corrected chi connectivity index (χ0v) is 23.9. The van der Waals surface area contributed by atoms with E-state index in [0.717, 1.165) is 12.4 Å². The molecule has 0 bridgehead atoms. The first-order chi connectivity index (χ1) is 19.5. The van der Waals surface area contributed by atoms with Crippen molar-refractivity contribution in [2.45, 2.75) is 60.7 Å². The lowest BCUT2D eigenvalue weighted by Gasteiger charge is -2.41. The zero-order chi connectivity index (χ0) is 31.2. The van der Waals surface area contributed by atoms with Crippen molar-refractivity contribution in [2.75, 3.05) is 18.9 Å². The molecule has 22 heteroatoms. The van der Waals surface area contributed by atoms with Crippen LogP contribution >= 0.6 is 14.5 Å². The van der Waals surface area contributed by atoms with Crippen molar-refractivity contribution < 1.29 is 72.9 Å². The number of hydrogen-bond donors (Lipinski definition) is 10. The van der Waals surface area contributed by atoms with Gasteiger partial charge in [-0.25, -0.2) is 18.4 Å². The number of rotatable bonds is 11. The van der Waals surface area contributed by atoms with Crippen LogP contribution in [0.25, 0.3) is 5.52 Å². The van der Waals surface area contributed by atoms with E-state index in [2.05, 4.69) is 25.5 Å². The molecule has 0 radical (unpaired) electrons. The Morgan fingerprint density at radius 2 is 1.90 bits per heavy atom. The maximum Gasteiger partial charge on any atom is 0.481 e. The summed E-state index contributed by atoms with van der Waals surface area (Å²) in [5.41, 5.74) is 4.33. The summed E-state index contributed by atoms with van der Waals surface area (Å²) < 4.78 is 38.9. The van der Waals surface area contributed by atoms with E-state index in [0.29, 0.717) is 5.52 Å². The van der Waals surface area contributed by atoms with Crippen molar-refractivity contribution in [1.29, 1.82) is 0 Å². The normalized spacial score (nSPS) is 37.3. The maximum absolute atomic E-state index is 12.6. The van der Waals surface area contributed by atoms with Gasteiger partial charge in [0.05, 0.1) is 18.9 Å². The van der Waals surface area contributed by atoms with Gasteiger partial charge in [-0.1, -0.05) is 6.08 Å². The Bertz CT molecular complexity index is 1390. The molecule has 4 rings (SSSR count). The number of nitrogens with zero attached hydrogens (tertiary/aromatic N) is 3. The first-order valence-electron chi connectivity index (χ1n) is 12.0. The average Bonchev–Trinajstić information content (AvgIpc) is 3.46. The number of aliphatic hydroxyl groups is 7. The van der Waals surface area contributed by atoms with E-state index in [-0.39, 0.29) is 11.5 Å². The van der Waals surface area contributed by atoms with Crippen LogP contribution in [-0.2, 0) is 39.2 Å². The Morgan fingerprint density at radius 1 is 1.21 bits per heavy atom. The van der Waals surface area contributed by atoms with Crippen LogP contribution in [0.15, 0.2) is 31.1 Å². The van der Waals surface area contributed by atoms with Crippen molar-refractivity contribution >= 4 is 37.7 Å². The number of aromatic nitrogens is 3. The van der Waals surface area contributed by atoms with E-state index in [4.69, 9.17) is 36.6 Å². The van der Waals surface area contributed by atoms with Crippen molar-refractivity contribution in [3.63, 3.8) is 0 Å². The zero-order valence-electron chi connectivity index (χ0n) is 21.3. The topological polar surface area (TPSA) is 301 Å². The number of nitrogens with two attached hydrogens (primary N) is 1. The molecule has 12 atom stereocenters. The van der Waals surface area contributed by atoms with Crippen LogP contribution in [0.3, 0.4) is 0 Å². The third kappa shape index (κ3) is 6.46. The SMILES string of the molecule is C=C[C@@]1(O)[C@H](O)[C@@H](COP(O)(=S)OP(=O)(O)OC2OC([C@@H](O)CO)C(O)C(O)C2O)O[C@H]1c1ccc2c(N)ncnn12. The van der Waals surface area contributed by atoms with Crippen LogP contribution in [0.1, 0.15) is 11.8 Å². The molecule has 0 aromatic carbocycles. The highest BCUT2D eigenvalue weighted by molar-refractivity contribution is 8.08. The summed E-state index contributed by atoms with van der Waals surface area (Å²) >= 11 is 4.75. The standard InChI is InChI=1S/C20H30N4O15P2S/c1-2-20(31)16(30)11(36-17(20)8-3-4-9-18(21)22-7-23-24(8)9)6-35-41(34,42)39-40(32,33)38-19-14(29)12(27)13(28)15(37-19)10(26)5-25/h2-4,7,10-17,19,25-31H,1,5-6H2,(H,32,33)(H,34,42)(H2,21,22,23)/t10-,11+,12?,13?,14?,15?,16+,17-,19?,20+,41?/m0/s1. The molecule has 2 aromatic heterocycles. The van der Waals surface area contributed by atoms with Gasteiger partial charge in [0.15, 0.2) is 12.1 Å². The van der Waals surface area contributed by atoms with E-state index in [1.807, 2.05) is 0 Å². The highest BCUT2D eigenvalue weighted by Gasteiger charge is 2.56. The van der Waals surface area contributed by atoms with Gasteiger partial charge < -0.3 is 65.3 Å². The van der Waals surface area contributed by atoms with Gasteiger partial charge in [0.1, 0.15) is 66.3 Å². The van der Waals surface area contributed by atoms with Crippen LogP contribution in [-0.4, -0.2) is 128 Å². The smallest absolute Gasteiger partial charge is 0.394 e. The molecule has 4 heterocycles. The molecule has 0 aliphatic carbocycles. The Morgan fingerprint density at radius 3 is 2.55 bits per heavy atom. The van der Waals surface area contributed by atoms with Crippen LogP contribution in [0.4, 0.5) is 5.82 Å². The van der Waals surface area contributed by atoms with Gasteiger partial charge in [-0.05, 0) is 23.9 Å². The molecule has 2 aromatic rings. The Hall–Kier alpha value is -1.52. The fraction of sp³-hybridized carbons (Fsp3) is 0.600. The van der Waals surface area contributed by atoms with E-state index < -0.39 is 88.5 Å². The van der Waals surface area contributed by atoms with Crippen LogP contribution in [0, 0.1) is 0 Å². The average molecular weight is 660 g/mol. The molecule has 7 unspecified atom stereocenters. The van der Waals surface area contributed by atoms with Gasteiger partial charge >= 0.3 is 14.5 Å². The summed E-state index contributed by atoms with van der Waals surface area (Å²) in [5, 5.41) is 74.9. The maximum atomic E-state index is 12.6. The molecule has 42 heavy (non-hydrogen) atoms. The van der Waals surface area contributed by atoms with Crippen molar-refractivity contribution in [1.82, 2.24) is 14.6 Å². The number of hydrogen-bond acceptors (Lipinski definition) is 17. The third-order valence-corrected chi connectivity index (χ3v) is 10.2. The van der Waals surface area contributed by atoms with Gasteiger partial charge in [-0.15, -0.1) is 6.58 Å². The molecular formula is C20H30N4O15P2S. The number of aliphatic hydroxyl groups excluding tert-OH is 6. The molecule has 0 amide bonds. The molecule has 236 valence electrons. The number of ether oxygens (including phenoxy) is 2. The predicted molar refractivity (Wildman–Crippen MR) is 140 cm³/mol. The molecule has 0 spiro atoms. The van der Waals surface area contributed by atoms with E-state index >= 15 is 0 Å². The summed E-state index contributed by atoms with van der Waals surface area (Å²) in [7, 11) is -5.47. The van der Waals surface area contributed by atoms with Gasteiger partial charge in [0.25, 0.3) is 0 Å². The molecule has 11 N–H and O–H groups in total.